The molecule has 1 aliphatic heterocycles. The van der Waals surface area contributed by atoms with Gasteiger partial charge in [0.1, 0.15) is 17.1 Å². The Labute approximate surface area is 202 Å². The summed E-state index contributed by atoms with van der Waals surface area (Å²) in [5.74, 6) is 1.74. The van der Waals surface area contributed by atoms with Gasteiger partial charge in [-0.3, -0.25) is 4.79 Å². The van der Waals surface area contributed by atoms with Crippen molar-refractivity contribution in [1.29, 1.82) is 0 Å². The standard InChI is InChI=1S/C30H46O3/c1-9-10-11-12-15-29(5,6)21-17-24(31)27-22-16-20(25(32)19-28(2,3)4)13-14-23(22)30(7,8)33-26(27)18-21/h13,17-18,22-23,31H,9-12,14-16,19H2,1-8H3/t22-,23-/m1/s1. The minimum atomic E-state index is -0.344. The molecule has 0 aromatic heterocycles. The van der Waals surface area contributed by atoms with E-state index in [1.807, 2.05) is 6.07 Å². The number of carbonyl (C=O) groups is 1. The third-order valence-corrected chi connectivity index (χ3v) is 7.79. The van der Waals surface area contributed by atoms with Crippen molar-refractivity contribution in [3.63, 3.8) is 0 Å². The van der Waals surface area contributed by atoms with Gasteiger partial charge in [0, 0.05) is 23.8 Å². The molecule has 3 rings (SSSR count). The number of benzene rings is 1. The summed E-state index contributed by atoms with van der Waals surface area (Å²) in [4.78, 5) is 13.0. The molecule has 3 heteroatoms. The predicted octanol–water partition coefficient (Wildman–Crippen LogP) is 8.24. The molecule has 33 heavy (non-hydrogen) atoms. The van der Waals surface area contributed by atoms with Crippen LogP contribution in [0.15, 0.2) is 23.8 Å². The normalized spacial score (nSPS) is 22.1. The fourth-order valence-electron chi connectivity index (χ4n) is 5.75. The zero-order chi connectivity index (χ0) is 24.6. The first-order chi connectivity index (χ1) is 15.2. The van der Waals surface area contributed by atoms with Crippen LogP contribution < -0.4 is 4.74 Å². The Morgan fingerprint density at radius 2 is 1.82 bits per heavy atom. The predicted molar refractivity (Wildman–Crippen MR) is 137 cm³/mol. The van der Waals surface area contributed by atoms with E-state index in [2.05, 4.69) is 67.5 Å². The molecular formula is C30H46O3. The molecule has 0 bridgehead atoms. The highest BCUT2D eigenvalue weighted by Gasteiger charge is 2.47. The van der Waals surface area contributed by atoms with Crippen LogP contribution in [0.1, 0.15) is 124 Å². The van der Waals surface area contributed by atoms with Crippen LogP contribution in [-0.2, 0) is 10.2 Å². The van der Waals surface area contributed by atoms with Crippen molar-refractivity contribution < 1.29 is 14.6 Å². The minimum Gasteiger partial charge on any atom is -0.508 e. The highest BCUT2D eigenvalue weighted by molar-refractivity contribution is 5.96. The van der Waals surface area contributed by atoms with Crippen molar-refractivity contribution in [1.82, 2.24) is 0 Å². The summed E-state index contributed by atoms with van der Waals surface area (Å²) in [6.45, 7) is 17.4. The number of hydrogen-bond acceptors (Lipinski definition) is 3. The first-order valence-electron chi connectivity index (χ1n) is 13.0. The molecule has 0 saturated carbocycles. The minimum absolute atomic E-state index is 0.0229. The second-order valence-corrected chi connectivity index (χ2v) is 12.9. The maximum Gasteiger partial charge on any atom is 0.159 e. The Morgan fingerprint density at radius 3 is 2.45 bits per heavy atom. The van der Waals surface area contributed by atoms with Crippen molar-refractivity contribution >= 4 is 5.78 Å². The quantitative estimate of drug-likeness (QED) is 0.402. The van der Waals surface area contributed by atoms with E-state index in [-0.39, 0.29) is 34.1 Å². The fraction of sp³-hybridized carbons (Fsp3) is 0.700. The second-order valence-electron chi connectivity index (χ2n) is 12.9. The van der Waals surface area contributed by atoms with Crippen LogP contribution >= 0.6 is 0 Å². The lowest BCUT2D eigenvalue weighted by atomic mass is 9.65. The highest BCUT2D eigenvalue weighted by Crippen LogP contribution is 2.55. The van der Waals surface area contributed by atoms with Crippen molar-refractivity contribution in [3.8, 4) is 11.5 Å². The van der Waals surface area contributed by atoms with E-state index in [0.717, 1.165) is 35.3 Å². The number of hydrogen-bond donors (Lipinski definition) is 1. The number of carbonyl (C=O) groups excluding carboxylic acids is 1. The first kappa shape index (κ1) is 25.8. The molecule has 1 heterocycles. The monoisotopic (exact) mass is 454 g/mol. The largest absolute Gasteiger partial charge is 0.508 e. The van der Waals surface area contributed by atoms with Gasteiger partial charge >= 0.3 is 0 Å². The van der Waals surface area contributed by atoms with Crippen LogP contribution in [0.3, 0.4) is 0 Å². The van der Waals surface area contributed by atoms with E-state index in [1.165, 1.54) is 25.7 Å². The van der Waals surface area contributed by atoms with E-state index in [0.29, 0.717) is 18.6 Å². The van der Waals surface area contributed by atoms with Gasteiger partial charge in [-0.15, -0.1) is 0 Å². The van der Waals surface area contributed by atoms with E-state index >= 15 is 0 Å². The number of allylic oxidation sites excluding steroid dienone is 2. The summed E-state index contributed by atoms with van der Waals surface area (Å²) < 4.78 is 6.55. The number of unbranched alkanes of at least 4 members (excludes halogenated alkanes) is 3. The molecule has 3 nitrogen and oxygen atoms in total. The summed E-state index contributed by atoms with van der Waals surface area (Å²) in [6.07, 6.45) is 10.2. The molecule has 0 radical (unpaired) electrons. The van der Waals surface area contributed by atoms with Gasteiger partial charge in [0.15, 0.2) is 5.78 Å². The number of fused-ring (bicyclic) bond motifs is 3. The summed E-state index contributed by atoms with van der Waals surface area (Å²) >= 11 is 0. The van der Waals surface area contributed by atoms with Gasteiger partial charge in [0.2, 0.25) is 0 Å². The van der Waals surface area contributed by atoms with Crippen LogP contribution in [0.4, 0.5) is 0 Å². The molecule has 0 amide bonds. The summed E-state index contributed by atoms with van der Waals surface area (Å²) in [6, 6.07) is 4.13. The number of ether oxygens (including phenoxy) is 1. The third kappa shape index (κ3) is 5.84. The summed E-state index contributed by atoms with van der Waals surface area (Å²) in [5, 5.41) is 11.2. The van der Waals surface area contributed by atoms with E-state index in [4.69, 9.17) is 4.74 Å². The average molecular weight is 455 g/mol. The zero-order valence-corrected chi connectivity index (χ0v) is 22.3. The van der Waals surface area contributed by atoms with E-state index in [9.17, 15) is 9.90 Å². The molecule has 1 N–H and O–H groups in total. The van der Waals surface area contributed by atoms with Gasteiger partial charge in [0.05, 0.1) is 0 Å². The lowest BCUT2D eigenvalue weighted by Crippen LogP contribution is -2.46. The SMILES string of the molecule is CCCCCCC(C)(C)c1cc(O)c2c(c1)OC(C)(C)[C@@H]1CC=C(C(=O)CC(C)(C)C)C[C@@H]21. The Kier molecular flexibility index (Phi) is 7.42. The number of ketones is 1. The number of aromatic hydroxyl groups is 1. The van der Waals surface area contributed by atoms with Crippen molar-refractivity contribution in [2.75, 3.05) is 0 Å². The van der Waals surface area contributed by atoms with Crippen LogP contribution in [0.25, 0.3) is 0 Å². The molecule has 2 aliphatic rings. The van der Waals surface area contributed by atoms with Crippen molar-refractivity contribution in [3.05, 3.63) is 34.9 Å². The molecule has 1 aliphatic carbocycles. The Bertz CT molecular complexity index is 898. The number of Topliss-reactive ketones (excluding diaryl/α,β-unsaturated/α-hetero) is 1. The Balaban J connectivity index is 1.92. The van der Waals surface area contributed by atoms with E-state index < -0.39 is 0 Å². The molecule has 1 aromatic carbocycles. The smallest absolute Gasteiger partial charge is 0.159 e. The summed E-state index contributed by atoms with van der Waals surface area (Å²) in [5.41, 5.74) is 2.57. The number of phenolic OH excluding ortho intramolecular Hbond substituents is 1. The topological polar surface area (TPSA) is 46.5 Å². The molecular weight excluding hydrogens is 408 g/mol. The highest BCUT2D eigenvalue weighted by atomic mass is 16.5. The second kappa shape index (κ2) is 9.47. The maximum atomic E-state index is 13.0. The Morgan fingerprint density at radius 1 is 1.12 bits per heavy atom. The molecule has 0 fully saturated rings. The van der Waals surface area contributed by atoms with Crippen LogP contribution in [0.5, 0.6) is 11.5 Å². The molecule has 184 valence electrons. The average Bonchev–Trinajstić information content (AvgIpc) is 2.68. The van der Waals surface area contributed by atoms with Gasteiger partial charge in [-0.1, -0.05) is 73.3 Å². The van der Waals surface area contributed by atoms with Crippen molar-refractivity contribution in [2.45, 2.75) is 124 Å². The number of phenols is 1. The van der Waals surface area contributed by atoms with E-state index in [1.54, 1.807) is 0 Å². The first-order valence-corrected chi connectivity index (χ1v) is 13.0. The van der Waals surface area contributed by atoms with Gasteiger partial charge in [-0.05, 0) is 67.2 Å². The molecule has 0 saturated heterocycles. The van der Waals surface area contributed by atoms with Gasteiger partial charge in [-0.2, -0.15) is 0 Å². The summed E-state index contributed by atoms with van der Waals surface area (Å²) in [7, 11) is 0. The number of rotatable bonds is 8. The lowest BCUT2D eigenvalue weighted by molar-refractivity contribution is -0.117. The lowest BCUT2D eigenvalue weighted by Gasteiger charge is -2.47. The van der Waals surface area contributed by atoms with Crippen molar-refractivity contribution in [2.24, 2.45) is 11.3 Å². The zero-order valence-electron chi connectivity index (χ0n) is 22.3. The molecule has 1 aromatic rings. The van der Waals surface area contributed by atoms with Crippen LogP contribution in [-0.4, -0.2) is 16.5 Å². The molecule has 2 atom stereocenters. The molecule has 0 unspecified atom stereocenters. The Hall–Kier alpha value is -1.77. The maximum absolute atomic E-state index is 13.0. The third-order valence-electron chi connectivity index (χ3n) is 7.79. The van der Waals surface area contributed by atoms with Crippen LogP contribution in [0, 0.1) is 11.3 Å². The van der Waals surface area contributed by atoms with Gasteiger partial charge < -0.3 is 9.84 Å². The molecule has 0 spiro atoms. The van der Waals surface area contributed by atoms with Gasteiger partial charge in [0.25, 0.3) is 0 Å². The van der Waals surface area contributed by atoms with Crippen LogP contribution in [0.2, 0.25) is 0 Å². The van der Waals surface area contributed by atoms with Gasteiger partial charge in [-0.25, -0.2) is 0 Å². The fourth-order valence-corrected chi connectivity index (χ4v) is 5.75.